The zero-order valence-corrected chi connectivity index (χ0v) is 27.1. The van der Waals surface area contributed by atoms with E-state index in [2.05, 4.69) is 90.1 Å². The van der Waals surface area contributed by atoms with Gasteiger partial charge in [0.25, 0.3) is 0 Å². The zero-order valence-electron chi connectivity index (χ0n) is 27.1. The maximum absolute atomic E-state index is 6.02. The number of hydrogen-bond donors (Lipinski definition) is 0. The Labute approximate surface area is 247 Å². The van der Waals surface area contributed by atoms with Crippen LogP contribution in [0.5, 0.6) is 11.5 Å². The third kappa shape index (κ3) is 11.4. The van der Waals surface area contributed by atoms with Crippen LogP contribution in [0.2, 0.25) is 0 Å². The lowest BCUT2D eigenvalue weighted by Gasteiger charge is -2.35. The molecule has 0 aromatic heterocycles. The smallest absolute Gasteiger partial charge is 0.119 e. The van der Waals surface area contributed by atoms with Crippen molar-refractivity contribution in [2.75, 3.05) is 65.6 Å². The predicted octanol–water partition coefficient (Wildman–Crippen LogP) is 8.99. The number of rotatable bonds is 23. The molecule has 226 valence electrons. The van der Waals surface area contributed by atoms with Gasteiger partial charge in [-0.2, -0.15) is 0 Å². The van der Waals surface area contributed by atoms with E-state index in [0.717, 1.165) is 37.6 Å². The SMILES string of the molecule is CC[N+](CC)(CC)CCCCCCOc1ccc(-c2ccc(OCCCCCC[N+](CC)(CC)CC)cc2)cc1. The summed E-state index contributed by atoms with van der Waals surface area (Å²) in [5, 5.41) is 0. The van der Waals surface area contributed by atoms with E-state index in [-0.39, 0.29) is 0 Å². The second kappa shape index (κ2) is 19.1. The van der Waals surface area contributed by atoms with Crippen molar-refractivity contribution in [1.82, 2.24) is 0 Å². The van der Waals surface area contributed by atoms with Crippen molar-refractivity contribution in [1.29, 1.82) is 0 Å². The lowest BCUT2D eigenvalue weighted by Crippen LogP contribution is -2.48. The number of hydrogen-bond acceptors (Lipinski definition) is 2. The predicted molar refractivity (Wildman–Crippen MR) is 173 cm³/mol. The molecule has 0 aliphatic carbocycles. The molecule has 0 saturated carbocycles. The number of quaternary nitrogens is 2. The van der Waals surface area contributed by atoms with E-state index in [1.807, 2.05) is 0 Å². The van der Waals surface area contributed by atoms with E-state index >= 15 is 0 Å². The molecule has 4 nitrogen and oxygen atoms in total. The minimum absolute atomic E-state index is 0.803. The lowest BCUT2D eigenvalue weighted by molar-refractivity contribution is -0.923. The molecule has 2 rings (SSSR count). The van der Waals surface area contributed by atoms with Crippen LogP contribution >= 0.6 is 0 Å². The molecule has 40 heavy (non-hydrogen) atoms. The number of ether oxygens (including phenoxy) is 2. The van der Waals surface area contributed by atoms with Crippen LogP contribution in [0.4, 0.5) is 0 Å². The molecule has 0 radical (unpaired) electrons. The number of benzene rings is 2. The summed E-state index contributed by atoms with van der Waals surface area (Å²) in [7, 11) is 0. The Morgan fingerprint density at radius 2 is 0.700 bits per heavy atom. The molecular formula is C36H62N2O2+2. The summed E-state index contributed by atoms with van der Waals surface area (Å²) in [4.78, 5) is 0. The van der Waals surface area contributed by atoms with Gasteiger partial charge in [0, 0.05) is 0 Å². The van der Waals surface area contributed by atoms with Crippen LogP contribution in [0.1, 0.15) is 92.9 Å². The minimum Gasteiger partial charge on any atom is -0.494 e. The summed E-state index contributed by atoms with van der Waals surface area (Å²) >= 11 is 0. The van der Waals surface area contributed by atoms with Crippen molar-refractivity contribution in [2.45, 2.75) is 92.9 Å². The van der Waals surface area contributed by atoms with Crippen molar-refractivity contribution in [3.8, 4) is 22.6 Å². The van der Waals surface area contributed by atoms with Gasteiger partial charge in [0.05, 0.1) is 65.6 Å². The van der Waals surface area contributed by atoms with Crippen LogP contribution in [0.25, 0.3) is 11.1 Å². The average molecular weight is 555 g/mol. The van der Waals surface area contributed by atoms with Gasteiger partial charge in [0.2, 0.25) is 0 Å². The molecule has 0 spiro atoms. The number of nitrogens with zero attached hydrogens (tertiary/aromatic N) is 2. The van der Waals surface area contributed by atoms with Gasteiger partial charge in [-0.15, -0.1) is 0 Å². The molecule has 2 aromatic rings. The van der Waals surface area contributed by atoms with Crippen molar-refractivity contribution >= 4 is 0 Å². The average Bonchev–Trinajstić information content (AvgIpc) is 3.01. The Kier molecular flexibility index (Phi) is 16.4. The van der Waals surface area contributed by atoms with Gasteiger partial charge in [-0.05, 0) is 128 Å². The summed E-state index contributed by atoms with van der Waals surface area (Å²) in [6.45, 7) is 25.7. The van der Waals surface area contributed by atoms with E-state index in [1.54, 1.807) is 0 Å². The van der Waals surface area contributed by atoms with Crippen LogP contribution in [-0.2, 0) is 0 Å². The van der Waals surface area contributed by atoms with Crippen LogP contribution in [0.15, 0.2) is 48.5 Å². The molecule has 0 aliphatic rings. The molecule has 0 fully saturated rings. The Hall–Kier alpha value is -2.04. The molecule has 0 aliphatic heterocycles. The maximum atomic E-state index is 6.02. The highest BCUT2D eigenvalue weighted by Crippen LogP contribution is 2.25. The Morgan fingerprint density at radius 3 is 1.00 bits per heavy atom. The first-order chi connectivity index (χ1) is 19.5. The fourth-order valence-electron chi connectivity index (χ4n) is 5.96. The van der Waals surface area contributed by atoms with Gasteiger partial charge in [0.1, 0.15) is 11.5 Å². The van der Waals surface area contributed by atoms with E-state index in [9.17, 15) is 0 Å². The van der Waals surface area contributed by atoms with Crippen molar-refractivity contribution in [2.24, 2.45) is 0 Å². The summed E-state index contributed by atoms with van der Waals surface area (Å²) in [6, 6.07) is 17.0. The van der Waals surface area contributed by atoms with Gasteiger partial charge < -0.3 is 18.4 Å². The molecular weight excluding hydrogens is 492 g/mol. The largest absolute Gasteiger partial charge is 0.494 e. The van der Waals surface area contributed by atoms with Crippen molar-refractivity contribution in [3.05, 3.63) is 48.5 Å². The zero-order chi connectivity index (χ0) is 29.1. The fourth-order valence-corrected chi connectivity index (χ4v) is 5.96. The molecule has 0 amide bonds. The van der Waals surface area contributed by atoms with Crippen LogP contribution in [0, 0.1) is 0 Å². The molecule has 0 atom stereocenters. The molecule has 2 aromatic carbocycles. The first-order valence-corrected chi connectivity index (χ1v) is 16.7. The van der Waals surface area contributed by atoms with Gasteiger partial charge in [-0.25, -0.2) is 0 Å². The third-order valence-corrected chi connectivity index (χ3v) is 9.66. The topological polar surface area (TPSA) is 18.5 Å². The first-order valence-electron chi connectivity index (χ1n) is 16.7. The summed E-state index contributed by atoms with van der Waals surface area (Å²) in [5.41, 5.74) is 2.42. The van der Waals surface area contributed by atoms with E-state index in [1.165, 1.54) is 111 Å². The fraction of sp³-hybridized carbons (Fsp3) is 0.667. The van der Waals surface area contributed by atoms with Crippen LogP contribution < -0.4 is 9.47 Å². The van der Waals surface area contributed by atoms with Gasteiger partial charge in [0.15, 0.2) is 0 Å². The second-order valence-corrected chi connectivity index (χ2v) is 11.6. The molecule has 0 saturated heterocycles. The van der Waals surface area contributed by atoms with Gasteiger partial charge in [-0.1, -0.05) is 24.3 Å². The van der Waals surface area contributed by atoms with Crippen LogP contribution in [0.3, 0.4) is 0 Å². The lowest BCUT2D eigenvalue weighted by atomic mass is 10.1. The normalized spacial score (nSPS) is 12.1. The molecule has 0 N–H and O–H groups in total. The standard InChI is InChI=1S/C36H62N2O2/c1-7-37(8-2,9-3)29-17-13-15-19-31-39-35-25-21-33(22-26-35)34-23-27-36(28-24-34)40-32-20-16-14-18-30-38(10-4,11-5)12-6/h21-28H,7-20,29-32H2,1-6H3/q+2. The minimum atomic E-state index is 0.803. The van der Waals surface area contributed by atoms with E-state index in [4.69, 9.17) is 9.47 Å². The third-order valence-electron chi connectivity index (χ3n) is 9.66. The highest BCUT2D eigenvalue weighted by Gasteiger charge is 2.20. The van der Waals surface area contributed by atoms with Crippen molar-refractivity contribution < 1.29 is 18.4 Å². The highest BCUT2D eigenvalue weighted by molar-refractivity contribution is 5.64. The summed E-state index contributed by atoms with van der Waals surface area (Å²) < 4.78 is 14.6. The summed E-state index contributed by atoms with van der Waals surface area (Å²) in [6.07, 6.45) is 10.0. The summed E-state index contributed by atoms with van der Waals surface area (Å²) in [5.74, 6) is 1.93. The van der Waals surface area contributed by atoms with Crippen LogP contribution in [-0.4, -0.2) is 74.5 Å². The van der Waals surface area contributed by atoms with E-state index in [0.29, 0.717) is 0 Å². The van der Waals surface area contributed by atoms with Crippen molar-refractivity contribution in [3.63, 3.8) is 0 Å². The number of unbranched alkanes of at least 4 members (excludes halogenated alkanes) is 6. The second-order valence-electron chi connectivity index (χ2n) is 11.6. The van der Waals surface area contributed by atoms with Gasteiger partial charge >= 0.3 is 0 Å². The Balaban J connectivity index is 1.61. The molecule has 0 heterocycles. The first kappa shape index (κ1) is 34.2. The maximum Gasteiger partial charge on any atom is 0.119 e. The van der Waals surface area contributed by atoms with Gasteiger partial charge in [-0.3, -0.25) is 0 Å². The highest BCUT2D eigenvalue weighted by atomic mass is 16.5. The monoisotopic (exact) mass is 554 g/mol. The molecule has 0 unspecified atom stereocenters. The Bertz CT molecular complexity index is 794. The molecule has 4 heteroatoms. The quantitative estimate of drug-likeness (QED) is 0.101. The Morgan fingerprint density at radius 1 is 0.400 bits per heavy atom. The van der Waals surface area contributed by atoms with E-state index < -0.39 is 0 Å². The molecule has 0 bridgehead atoms.